The molecule has 5 nitrogen and oxygen atoms in total. The van der Waals surface area contributed by atoms with Crippen molar-refractivity contribution in [3.8, 4) is 11.4 Å². The monoisotopic (exact) mass is 287 g/mol. The van der Waals surface area contributed by atoms with E-state index in [0.717, 1.165) is 12.1 Å². The maximum atomic E-state index is 13.1. The molecule has 108 valence electrons. The number of rotatable bonds is 6. The summed E-state index contributed by atoms with van der Waals surface area (Å²) in [5, 5.41) is 6.55. The van der Waals surface area contributed by atoms with Crippen molar-refractivity contribution in [2.24, 2.45) is 0 Å². The summed E-state index contributed by atoms with van der Waals surface area (Å²) in [5.74, 6) is -3.89. The molecular weight excluding hydrogens is 275 g/mol. The van der Waals surface area contributed by atoms with Gasteiger partial charge in [0, 0.05) is 19.2 Å². The van der Waals surface area contributed by atoms with Crippen molar-refractivity contribution in [3.05, 3.63) is 35.5 Å². The summed E-state index contributed by atoms with van der Waals surface area (Å²) < 4.78 is 48.8. The zero-order chi connectivity index (χ0) is 14.5. The summed E-state index contributed by atoms with van der Waals surface area (Å²) in [5.41, 5.74) is 0.00768. The fourth-order valence-corrected chi connectivity index (χ4v) is 1.50. The van der Waals surface area contributed by atoms with E-state index in [4.69, 9.17) is 9.26 Å². The first-order chi connectivity index (χ1) is 9.61. The second-order valence-corrected chi connectivity index (χ2v) is 3.94. The van der Waals surface area contributed by atoms with E-state index in [0.29, 0.717) is 19.7 Å². The largest absolute Gasteiger partial charge is 0.383 e. The predicted octanol–water partition coefficient (Wildman–Crippen LogP) is 1.89. The van der Waals surface area contributed by atoms with Crippen LogP contribution in [0.4, 0.5) is 13.2 Å². The molecule has 0 amide bonds. The molecule has 1 N–H and O–H groups in total. The van der Waals surface area contributed by atoms with Crippen molar-refractivity contribution in [3.63, 3.8) is 0 Å². The highest BCUT2D eigenvalue weighted by molar-refractivity contribution is 5.54. The maximum Gasteiger partial charge on any atom is 0.240 e. The highest BCUT2D eigenvalue weighted by atomic mass is 19.2. The Bertz CT molecular complexity index is 566. The molecule has 2 aromatic rings. The van der Waals surface area contributed by atoms with Crippen LogP contribution in [-0.2, 0) is 11.3 Å². The number of nitrogens with one attached hydrogen (secondary N) is 1. The minimum atomic E-state index is -1.53. The van der Waals surface area contributed by atoms with Crippen LogP contribution in [0.1, 0.15) is 5.89 Å². The Hall–Kier alpha value is -1.93. The van der Waals surface area contributed by atoms with Crippen LogP contribution in [0.25, 0.3) is 11.4 Å². The maximum absolute atomic E-state index is 13.1. The Morgan fingerprint density at radius 3 is 2.60 bits per heavy atom. The summed E-state index contributed by atoms with van der Waals surface area (Å²) in [6.45, 7) is 1.41. The molecule has 0 unspecified atom stereocenters. The smallest absolute Gasteiger partial charge is 0.240 e. The average Bonchev–Trinajstić information content (AvgIpc) is 2.89. The molecule has 1 heterocycles. The molecule has 0 saturated heterocycles. The fourth-order valence-electron chi connectivity index (χ4n) is 1.50. The standard InChI is InChI=1S/C12H12F3N3O2/c1-19-3-2-16-6-10-17-12(18-20-10)7-4-8(13)11(15)9(14)5-7/h4-5,16H,2-3,6H2,1H3. The third-order valence-electron chi connectivity index (χ3n) is 2.47. The van der Waals surface area contributed by atoms with Gasteiger partial charge in [-0.3, -0.25) is 0 Å². The number of hydrogen-bond donors (Lipinski definition) is 1. The second-order valence-electron chi connectivity index (χ2n) is 3.94. The Balaban J connectivity index is 2.08. The Morgan fingerprint density at radius 1 is 1.25 bits per heavy atom. The van der Waals surface area contributed by atoms with Crippen molar-refractivity contribution < 1.29 is 22.4 Å². The molecule has 0 fully saturated rings. The second kappa shape index (κ2) is 6.49. The van der Waals surface area contributed by atoms with Gasteiger partial charge in [-0.2, -0.15) is 4.98 Å². The number of hydrogen-bond acceptors (Lipinski definition) is 5. The van der Waals surface area contributed by atoms with Crippen LogP contribution in [0.15, 0.2) is 16.7 Å². The van der Waals surface area contributed by atoms with Crippen molar-refractivity contribution in [1.29, 1.82) is 0 Å². The highest BCUT2D eigenvalue weighted by Crippen LogP contribution is 2.21. The van der Waals surface area contributed by atoms with Crippen LogP contribution in [0, 0.1) is 17.5 Å². The zero-order valence-corrected chi connectivity index (χ0v) is 10.6. The van der Waals surface area contributed by atoms with E-state index in [9.17, 15) is 13.2 Å². The van der Waals surface area contributed by atoms with Crippen LogP contribution >= 0.6 is 0 Å². The molecule has 2 rings (SSSR count). The van der Waals surface area contributed by atoms with Gasteiger partial charge in [0.1, 0.15) is 0 Å². The molecule has 0 aliphatic carbocycles. The Labute approximate surface area is 112 Å². The summed E-state index contributed by atoms with van der Waals surface area (Å²) in [7, 11) is 1.57. The topological polar surface area (TPSA) is 60.2 Å². The molecule has 0 atom stereocenters. The molecule has 20 heavy (non-hydrogen) atoms. The Morgan fingerprint density at radius 2 is 1.95 bits per heavy atom. The fraction of sp³-hybridized carbons (Fsp3) is 0.333. The third kappa shape index (κ3) is 3.34. The van der Waals surface area contributed by atoms with Gasteiger partial charge in [0.25, 0.3) is 0 Å². The van der Waals surface area contributed by atoms with Gasteiger partial charge in [-0.05, 0) is 12.1 Å². The molecule has 1 aromatic carbocycles. The van der Waals surface area contributed by atoms with Gasteiger partial charge in [-0.25, -0.2) is 13.2 Å². The lowest BCUT2D eigenvalue weighted by Crippen LogP contribution is -2.18. The van der Waals surface area contributed by atoms with E-state index >= 15 is 0 Å². The van der Waals surface area contributed by atoms with E-state index < -0.39 is 17.5 Å². The summed E-state index contributed by atoms with van der Waals surface area (Å²) in [4.78, 5) is 3.95. The summed E-state index contributed by atoms with van der Waals surface area (Å²) >= 11 is 0. The van der Waals surface area contributed by atoms with Crippen molar-refractivity contribution in [2.45, 2.75) is 6.54 Å². The number of aromatic nitrogens is 2. The van der Waals surface area contributed by atoms with Gasteiger partial charge in [0.05, 0.1) is 13.2 Å². The van der Waals surface area contributed by atoms with Crippen LogP contribution in [-0.4, -0.2) is 30.4 Å². The molecule has 1 aromatic heterocycles. The highest BCUT2D eigenvalue weighted by Gasteiger charge is 2.15. The molecule has 0 aliphatic heterocycles. The minimum absolute atomic E-state index is 0.00768. The van der Waals surface area contributed by atoms with E-state index in [1.807, 2.05) is 0 Å². The van der Waals surface area contributed by atoms with E-state index in [2.05, 4.69) is 15.5 Å². The molecule has 0 aliphatic rings. The SMILES string of the molecule is COCCNCc1nc(-c2cc(F)c(F)c(F)c2)no1. The molecule has 8 heteroatoms. The summed E-state index contributed by atoms with van der Waals surface area (Å²) in [6.07, 6.45) is 0. The summed E-state index contributed by atoms with van der Waals surface area (Å²) in [6, 6.07) is 1.62. The molecule has 0 spiro atoms. The third-order valence-corrected chi connectivity index (χ3v) is 2.47. The average molecular weight is 287 g/mol. The van der Waals surface area contributed by atoms with E-state index in [1.165, 1.54) is 0 Å². The molecular formula is C12H12F3N3O2. The first-order valence-electron chi connectivity index (χ1n) is 5.79. The number of benzene rings is 1. The lowest BCUT2D eigenvalue weighted by atomic mass is 10.2. The zero-order valence-electron chi connectivity index (χ0n) is 10.6. The normalized spacial score (nSPS) is 11.0. The molecule has 0 radical (unpaired) electrons. The van der Waals surface area contributed by atoms with Gasteiger partial charge in [-0.15, -0.1) is 0 Å². The van der Waals surface area contributed by atoms with Crippen LogP contribution < -0.4 is 5.32 Å². The lowest BCUT2D eigenvalue weighted by molar-refractivity contribution is 0.197. The van der Waals surface area contributed by atoms with Crippen LogP contribution in [0.5, 0.6) is 0 Å². The minimum Gasteiger partial charge on any atom is -0.383 e. The Kier molecular flexibility index (Phi) is 4.70. The first-order valence-corrected chi connectivity index (χ1v) is 5.79. The molecule has 0 saturated carbocycles. The van der Waals surface area contributed by atoms with Crippen molar-refractivity contribution >= 4 is 0 Å². The van der Waals surface area contributed by atoms with E-state index in [-0.39, 0.29) is 17.3 Å². The van der Waals surface area contributed by atoms with E-state index in [1.54, 1.807) is 7.11 Å². The lowest BCUT2D eigenvalue weighted by Gasteiger charge is -1.99. The first kappa shape index (κ1) is 14.5. The van der Waals surface area contributed by atoms with Gasteiger partial charge in [0.2, 0.25) is 11.7 Å². The van der Waals surface area contributed by atoms with Gasteiger partial charge < -0.3 is 14.6 Å². The quantitative estimate of drug-likeness (QED) is 0.649. The van der Waals surface area contributed by atoms with Crippen LogP contribution in [0.3, 0.4) is 0 Å². The van der Waals surface area contributed by atoms with Gasteiger partial charge >= 0.3 is 0 Å². The number of ether oxygens (including phenoxy) is 1. The predicted molar refractivity (Wildman–Crippen MR) is 63.2 cm³/mol. The molecule has 0 bridgehead atoms. The number of methoxy groups -OCH3 is 1. The number of halogens is 3. The van der Waals surface area contributed by atoms with Crippen molar-refractivity contribution in [1.82, 2.24) is 15.5 Å². The number of nitrogens with zero attached hydrogens (tertiary/aromatic N) is 2. The van der Waals surface area contributed by atoms with Crippen molar-refractivity contribution in [2.75, 3.05) is 20.3 Å². The van der Waals surface area contributed by atoms with Crippen LogP contribution in [0.2, 0.25) is 0 Å². The van der Waals surface area contributed by atoms with Gasteiger partial charge in [0.15, 0.2) is 17.5 Å². The van der Waals surface area contributed by atoms with Gasteiger partial charge in [-0.1, -0.05) is 5.16 Å².